The molecule has 0 bridgehead atoms. The second-order valence-corrected chi connectivity index (χ2v) is 8.32. The Labute approximate surface area is 187 Å². The van der Waals surface area contributed by atoms with Gasteiger partial charge in [-0.1, -0.05) is 0 Å². The summed E-state index contributed by atoms with van der Waals surface area (Å²) in [6, 6.07) is 0. The van der Waals surface area contributed by atoms with Crippen molar-refractivity contribution in [2.24, 2.45) is 0 Å². The van der Waals surface area contributed by atoms with Crippen molar-refractivity contribution in [1.29, 1.82) is 0 Å². The first-order valence-corrected chi connectivity index (χ1v) is 10.4. The highest BCUT2D eigenvalue weighted by Crippen LogP contribution is 2.32. The molecule has 15 nitrogen and oxygen atoms in total. The van der Waals surface area contributed by atoms with E-state index in [4.69, 9.17) is 23.7 Å². The van der Waals surface area contributed by atoms with Crippen molar-refractivity contribution in [1.82, 2.24) is 0 Å². The Kier molecular flexibility index (Phi) is 8.99. The molecular formula is C18H32O15. The molecule has 0 radical (unpaired) electrons. The summed E-state index contributed by atoms with van der Waals surface area (Å²) >= 11 is 0. The van der Waals surface area contributed by atoms with Crippen LogP contribution in [0.4, 0.5) is 0 Å². The van der Waals surface area contributed by atoms with Crippen LogP contribution in [-0.2, 0) is 23.7 Å². The molecule has 194 valence electrons. The minimum atomic E-state index is -1.88. The van der Waals surface area contributed by atoms with E-state index in [2.05, 4.69) is 0 Å². The van der Waals surface area contributed by atoms with Gasteiger partial charge in [-0.2, -0.15) is 0 Å². The summed E-state index contributed by atoms with van der Waals surface area (Å²) in [4.78, 5) is 0. The third kappa shape index (κ3) is 5.32. The maximum Gasteiger partial charge on any atom is 0.187 e. The summed E-state index contributed by atoms with van der Waals surface area (Å²) in [5.74, 6) is 0. The number of hydrogen-bond donors (Lipinski definition) is 10. The summed E-state index contributed by atoms with van der Waals surface area (Å²) in [7, 11) is 0. The molecule has 0 aliphatic carbocycles. The number of aliphatic hydroxyl groups excluding tert-OH is 10. The molecule has 3 heterocycles. The SMILES string of the molecule is CC1O[C@@H](OC2[C@@H](O)OC(CO)[C@H](O)[C@H]2O[C@H]2OC(CO)[C@H](O)[C@@H](O)C2O)C(O)[C@@H](O)[C@@H]1O. The van der Waals surface area contributed by atoms with Crippen molar-refractivity contribution in [2.45, 2.75) is 99.0 Å². The van der Waals surface area contributed by atoms with E-state index in [1.54, 1.807) is 0 Å². The molecular weight excluding hydrogens is 456 g/mol. The first kappa shape index (κ1) is 27.0. The van der Waals surface area contributed by atoms with E-state index in [1.807, 2.05) is 0 Å². The largest absolute Gasteiger partial charge is 0.394 e. The lowest BCUT2D eigenvalue weighted by molar-refractivity contribution is -0.386. The first-order valence-electron chi connectivity index (χ1n) is 10.4. The fourth-order valence-electron chi connectivity index (χ4n) is 3.97. The molecule has 0 spiro atoms. The Morgan fingerprint density at radius 1 is 0.545 bits per heavy atom. The molecule has 0 aromatic carbocycles. The minimum absolute atomic E-state index is 0.747. The van der Waals surface area contributed by atoms with Crippen LogP contribution in [0.5, 0.6) is 0 Å². The van der Waals surface area contributed by atoms with Gasteiger partial charge in [-0.05, 0) is 6.92 Å². The molecule has 3 rings (SSSR count). The van der Waals surface area contributed by atoms with Crippen LogP contribution in [0.2, 0.25) is 0 Å². The van der Waals surface area contributed by atoms with Gasteiger partial charge in [0, 0.05) is 0 Å². The summed E-state index contributed by atoms with van der Waals surface area (Å²) in [6.07, 6.45) is -24.1. The van der Waals surface area contributed by atoms with Crippen molar-refractivity contribution in [3.8, 4) is 0 Å². The Balaban J connectivity index is 1.82. The Morgan fingerprint density at radius 2 is 1.03 bits per heavy atom. The third-order valence-electron chi connectivity index (χ3n) is 6.06. The van der Waals surface area contributed by atoms with Gasteiger partial charge < -0.3 is 74.7 Å². The molecule has 0 aromatic heterocycles. The van der Waals surface area contributed by atoms with Crippen LogP contribution in [-0.4, -0.2) is 156 Å². The Bertz CT molecular complexity index is 624. The lowest BCUT2D eigenvalue weighted by Gasteiger charge is -2.48. The van der Waals surface area contributed by atoms with Gasteiger partial charge in [0.2, 0.25) is 0 Å². The lowest BCUT2D eigenvalue weighted by Crippen LogP contribution is -2.66. The minimum Gasteiger partial charge on any atom is -0.394 e. The van der Waals surface area contributed by atoms with Gasteiger partial charge in [-0.15, -0.1) is 0 Å². The van der Waals surface area contributed by atoms with Crippen LogP contribution in [0, 0.1) is 0 Å². The number of ether oxygens (including phenoxy) is 5. The van der Waals surface area contributed by atoms with Gasteiger partial charge in [-0.25, -0.2) is 0 Å². The van der Waals surface area contributed by atoms with Gasteiger partial charge in [-0.3, -0.25) is 0 Å². The average Bonchev–Trinajstić information content (AvgIpc) is 2.79. The van der Waals surface area contributed by atoms with Crippen LogP contribution in [0.3, 0.4) is 0 Å². The van der Waals surface area contributed by atoms with E-state index in [0.717, 1.165) is 0 Å². The van der Waals surface area contributed by atoms with Crippen LogP contribution < -0.4 is 0 Å². The van der Waals surface area contributed by atoms with Crippen molar-refractivity contribution in [2.75, 3.05) is 13.2 Å². The zero-order valence-electron chi connectivity index (χ0n) is 17.6. The van der Waals surface area contributed by atoms with Crippen LogP contribution in [0.1, 0.15) is 6.92 Å². The van der Waals surface area contributed by atoms with Crippen LogP contribution >= 0.6 is 0 Å². The molecule has 15 atom stereocenters. The number of aliphatic hydroxyl groups is 10. The normalized spacial score (nSPS) is 53.7. The maximum atomic E-state index is 10.6. The molecule has 3 aliphatic heterocycles. The van der Waals surface area contributed by atoms with E-state index >= 15 is 0 Å². The smallest absolute Gasteiger partial charge is 0.187 e. The predicted octanol–water partition coefficient (Wildman–Crippen LogP) is -6.55. The standard InChI is InChI=1S/C18H32O15/c1-4-7(21)10(24)12(26)17(29-4)33-15-14(9(23)6(3-20)30-16(15)28)32-18-13(27)11(25)8(22)5(2-19)31-18/h4-28H,2-3H2,1H3/t4?,5?,6?,7-,8+,9+,10+,11-,12?,13?,14-,15?,16+,17+,18-/m1/s1. The topological polar surface area (TPSA) is 248 Å². The Morgan fingerprint density at radius 3 is 1.61 bits per heavy atom. The van der Waals surface area contributed by atoms with Gasteiger partial charge in [0.05, 0.1) is 19.3 Å². The molecule has 33 heavy (non-hydrogen) atoms. The van der Waals surface area contributed by atoms with E-state index in [0.29, 0.717) is 0 Å². The highest BCUT2D eigenvalue weighted by atomic mass is 16.8. The van der Waals surface area contributed by atoms with E-state index in [1.165, 1.54) is 6.92 Å². The number of rotatable bonds is 6. The van der Waals surface area contributed by atoms with E-state index < -0.39 is 105 Å². The molecule has 0 amide bonds. The highest BCUT2D eigenvalue weighted by Gasteiger charge is 2.53. The van der Waals surface area contributed by atoms with Gasteiger partial charge >= 0.3 is 0 Å². The van der Waals surface area contributed by atoms with Crippen molar-refractivity contribution in [3.05, 3.63) is 0 Å². The zero-order chi connectivity index (χ0) is 24.6. The summed E-state index contributed by atoms with van der Waals surface area (Å²) < 4.78 is 26.7. The highest BCUT2D eigenvalue weighted by molar-refractivity contribution is 4.96. The fourth-order valence-corrected chi connectivity index (χ4v) is 3.97. The van der Waals surface area contributed by atoms with Gasteiger partial charge in [0.15, 0.2) is 18.9 Å². The van der Waals surface area contributed by atoms with Crippen LogP contribution in [0.15, 0.2) is 0 Å². The van der Waals surface area contributed by atoms with Crippen molar-refractivity contribution >= 4 is 0 Å². The third-order valence-corrected chi connectivity index (χ3v) is 6.06. The molecule has 3 aliphatic rings. The fraction of sp³-hybridized carbons (Fsp3) is 1.00. The molecule has 3 fully saturated rings. The Hall–Kier alpha value is -0.600. The summed E-state index contributed by atoms with van der Waals surface area (Å²) in [5, 5.41) is 100.0. The molecule has 10 N–H and O–H groups in total. The molecule has 15 heteroatoms. The molecule has 6 unspecified atom stereocenters. The van der Waals surface area contributed by atoms with Gasteiger partial charge in [0.25, 0.3) is 0 Å². The quantitative estimate of drug-likeness (QED) is 0.167. The zero-order valence-corrected chi connectivity index (χ0v) is 17.6. The van der Waals surface area contributed by atoms with Crippen molar-refractivity contribution in [3.63, 3.8) is 0 Å². The summed E-state index contributed by atoms with van der Waals surface area (Å²) in [6.45, 7) is -0.115. The second kappa shape index (κ2) is 11.0. The van der Waals surface area contributed by atoms with E-state index in [-0.39, 0.29) is 0 Å². The second-order valence-electron chi connectivity index (χ2n) is 8.32. The van der Waals surface area contributed by atoms with E-state index in [9.17, 15) is 51.1 Å². The number of hydrogen-bond acceptors (Lipinski definition) is 15. The molecule has 0 saturated carbocycles. The molecule has 0 aromatic rings. The molecule has 3 saturated heterocycles. The average molecular weight is 488 g/mol. The van der Waals surface area contributed by atoms with Crippen molar-refractivity contribution < 1.29 is 74.7 Å². The van der Waals surface area contributed by atoms with Gasteiger partial charge in [0.1, 0.15) is 67.1 Å². The maximum absolute atomic E-state index is 10.6. The van der Waals surface area contributed by atoms with Crippen LogP contribution in [0.25, 0.3) is 0 Å². The lowest BCUT2D eigenvalue weighted by atomic mass is 9.96. The summed E-state index contributed by atoms with van der Waals surface area (Å²) in [5.41, 5.74) is 0. The predicted molar refractivity (Wildman–Crippen MR) is 99.8 cm³/mol. The first-order chi connectivity index (χ1) is 15.5. The monoisotopic (exact) mass is 488 g/mol.